The van der Waals surface area contributed by atoms with Crippen LogP contribution in [-0.4, -0.2) is 27.2 Å². The predicted octanol–water partition coefficient (Wildman–Crippen LogP) is 2.82. The number of hydrogen-bond acceptors (Lipinski definition) is 2. The van der Waals surface area contributed by atoms with Gasteiger partial charge in [-0.1, -0.05) is 22.0 Å². The molecular weight excluding hydrogens is 337 g/mol. The number of hydrogen-bond donors (Lipinski definition) is 1. The summed E-state index contributed by atoms with van der Waals surface area (Å²) in [5.41, 5.74) is 0. The van der Waals surface area contributed by atoms with E-state index in [1.165, 1.54) is 18.2 Å². The first kappa shape index (κ1) is 15.2. The molecule has 0 fully saturated rings. The SMILES string of the molecule is O=C(O)C(CS(=O)c1cccc(Br)c1)C(F)(F)F. The van der Waals surface area contributed by atoms with Gasteiger partial charge in [-0.05, 0) is 18.2 Å². The van der Waals surface area contributed by atoms with Crippen LogP contribution >= 0.6 is 15.9 Å². The summed E-state index contributed by atoms with van der Waals surface area (Å²) < 4.78 is 49.5. The van der Waals surface area contributed by atoms with Crippen molar-refractivity contribution in [3.05, 3.63) is 28.7 Å². The number of benzene rings is 1. The number of alkyl halides is 3. The van der Waals surface area contributed by atoms with Crippen LogP contribution in [0.15, 0.2) is 33.6 Å². The highest BCUT2D eigenvalue weighted by atomic mass is 79.9. The molecule has 0 saturated heterocycles. The molecule has 0 aliphatic rings. The molecule has 1 N–H and O–H groups in total. The maximum Gasteiger partial charge on any atom is 0.403 e. The average molecular weight is 345 g/mol. The molecule has 2 atom stereocenters. The summed E-state index contributed by atoms with van der Waals surface area (Å²) in [7, 11) is -2.02. The Balaban J connectivity index is 2.89. The van der Waals surface area contributed by atoms with Crippen molar-refractivity contribution < 1.29 is 27.3 Å². The molecular formula is C10H8BrF3O3S. The lowest BCUT2D eigenvalue weighted by atomic mass is 10.2. The van der Waals surface area contributed by atoms with Gasteiger partial charge >= 0.3 is 12.1 Å². The third-order valence-electron chi connectivity index (χ3n) is 2.07. The number of halogens is 4. The smallest absolute Gasteiger partial charge is 0.403 e. The summed E-state index contributed by atoms with van der Waals surface area (Å²) in [4.78, 5) is 10.7. The van der Waals surface area contributed by atoms with Crippen molar-refractivity contribution >= 4 is 32.7 Å². The molecule has 0 amide bonds. The van der Waals surface area contributed by atoms with Crippen LogP contribution in [0.4, 0.5) is 13.2 Å². The summed E-state index contributed by atoms with van der Waals surface area (Å²) in [6.45, 7) is 0. The van der Waals surface area contributed by atoms with E-state index in [-0.39, 0.29) is 4.90 Å². The lowest BCUT2D eigenvalue weighted by molar-refractivity contribution is -0.188. The number of carbonyl (C=O) groups is 1. The fourth-order valence-electron chi connectivity index (χ4n) is 1.16. The van der Waals surface area contributed by atoms with E-state index in [1.807, 2.05) is 0 Å². The average Bonchev–Trinajstić information content (AvgIpc) is 2.23. The Morgan fingerprint density at radius 3 is 2.50 bits per heavy atom. The quantitative estimate of drug-likeness (QED) is 0.913. The fraction of sp³-hybridized carbons (Fsp3) is 0.300. The summed E-state index contributed by atoms with van der Waals surface area (Å²) in [6, 6.07) is 5.92. The minimum absolute atomic E-state index is 0.153. The van der Waals surface area contributed by atoms with Crippen LogP contribution in [0.3, 0.4) is 0 Å². The highest BCUT2D eigenvalue weighted by Crippen LogP contribution is 2.28. The molecule has 3 nitrogen and oxygen atoms in total. The van der Waals surface area contributed by atoms with E-state index in [0.29, 0.717) is 4.47 Å². The summed E-state index contributed by atoms with van der Waals surface area (Å²) in [5.74, 6) is -5.64. The van der Waals surface area contributed by atoms with Crippen LogP contribution in [-0.2, 0) is 15.6 Å². The lowest BCUT2D eigenvalue weighted by Gasteiger charge is -2.15. The molecule has 0 spiro atoms. The van der Waals surface area contributed by atoms with Crippen LogP contribution in [0.25, 0.3) is 0 Å². The van der Waals surface area contributed by atoms with E-state index in [0.717, 1.165) is 0 Å². The normalized spacial score (nSPS) is 15.1. The second kappa shape index (κ2) is 5.83. The van der Waals surface area contributed by atoms with Crippen molar-refractivity contribution in [2.24, 2.45) is 5.92 Å². The number of carboxylic acids is 1. The van der Waals surface area contributed by atoms with Gasteiger partial charge in [0.25, 0.3) is 0 Å². The number of aliphatic carboxylic acids is 1. The summed E-state index contributed by atoms with van der Waals surface area (Å²) in [6.07, 6.45) is -4.91. The van der Waals surface area contributed by atoms with Crippen molar-refractivity contribution in [2.45, 2.75) is 11.1 Å². The minimum atomic E-state index is -4.91. The maximum atomic E-state index is 12.4. The van der Waals surface area contributed by atoms with E-state index in [2.05, 4.69) is 15.9 Å². The molecule has 100 valence electrons. The lowest BCUT2D eigenvalue weighted by Crippen LogP contribution is -2.35. The molecule has 8 heteroatoms. The first-order chi connectivity index (χ1) is 8.21. The van der Waals surface area contributed by atoms with Gasteiger partial charge in [0.1, 0.15) is 0 Å². The molecule has 1 rings (SSSR count). The van der Waals surface area contributed by atoms with Gasteiger partial charge in [0.15, 0.2) is 5.92 Å². The van der Waals surface area contributed by atoms with Crippen molar-refractivity contribution in [1.29, 1.82) is 0 Å². The molecule has 0 aromatic heterocycles. The Bertz CT molecular complexity index is 476. The van der Waals surface area contributed by atoms with E-state index < -0.39 is 34.6 Å². The molecule has 2 unspecified atom stereocenters. The van der Waals surface area contributed by atoms with Crippen LogP contribution in [0.1, 0.15) is 0 Å². The van der Waals surface area contributed by atoms with Gasteiger partial charge in [-0.25, -0.2) is 0 Å². The summed E-state index contributed by atoms with van der Waals surface area (Å²) >= 11 is 3.09. The first-order valence-corrected chi connectivity index (χ1v) is 6.76. The molecule has 0 saturated carbocycles. The van der Waals surface area contributed by atoms with Crippen molar-refractivity contribution in [3.8, 4) is 0 Å². The van der Waals surface area contributed by atoms with Crippen LogP contribution < -0.4 is 0 Å². The Kier molecular flexibility index (Phi) is 4.92. The highest BCUT2D eigenvalue weighted by Gasteiger charge is 2.46. The zero-order valence-electron chi connectivity index (χ0n) is 8.78. The van der Waals surface area contributed by atoms with Crippen LogP contribution in [0.5, 0.6) is 0 Å². The largest absolute Gasteiger partial charge is 0.481 e. The van der Waals surface area contributed by atoms with E-state index in [4.69, 9.17) is 5.11 Å². The summed E-state index contributed by atoms with van der Waals surface area (Å²) in [5, 5.41) is 8.50. The Labute approximate surface area is 112 Å². The van der Waals surface area contributed by atoms with Crippen molar-refractivity contribution in [1.82, 2.24) is 0 Å². The molecule has 0 aliphatic carbocycles. The van der Waals surface area contributed by atoms with Gasteiger partial charge in [-0.15, -0.1) is 0 Å². The van der Waals surface area contributed by atoms with Gasteiger partial charge in [-0.3, -0.25) is 9.00 Å². The zero-order chi connectivity index (χ0) is 13.9. The first-order valence-electron chi connectivity index (χ1n) is 4.65. The molecule has 0 aliphatic heterocycles. The van der Waals surface area contributed by atoms with Crippen molar-refractivity contribution in [2.75, 3.05) is 5.75 Å². The fourth-order valence-corrected chi connectivity index (χ4v) is 3.03. The molecule has 0 radical (unpaired) electrons. The molecule has 18 heavy (non-hydrogen) atoms. The Morgan fingerprint density at radius 1 is 1.44 bits per heavy atom. The van der Waals surface area contributed by atoms with Gasteiger partial charge < -0.3 is 5.11 Å². The third-order valence-corrected chi connectivity index (χ3v) is 3.98. The number of carboxylic acid groups (broad SMARTS) is 1. The van der Waals surface area contributed by atoms with Gasteiger partial charge in [-0.2, -0.15) is 13.2 Å². The molecule has 0 bridgehead atoms. The second-order valence-electron chi connectivity index (χ2n) is 3.40. The van der Waals surface area contributed by atoms with Crippen molar-refractivity contribution in [3.63, 3.8) is 0 Å². The minimum Gasteiger partial charge on any atom is -0.481 e. The number of rotatable bonds is 4. The van der Waals surface area contributed by atoms with E-state index >= 15 is 0 Å². The predicted molar refractivity (Wildman–Crippen MR) is 62.6 cm³/mol. The standard InChI is InChI=1S/C10H8BrF3O3S/c11-6-2-1-3-7(4-6)18(17)5-8(9(15)16)10(12,13)14/h1-4,8H,5H2,(H,15,16). The monoisotopic (exact) mass is 344 g/mol. The zero-order valence-corrected chi connectivity index (χ0v) is 11.2. The van der Waals surface area contributed by atoms with Crippen LogP contribution in [0.2, 0.25) is 0 Å². The van der Waals surface area contributed by atoms with Gasteiger partial charge in [0, 0.05) is 9.37 Å². The maximum absolute atomic E-state index is 12.4. The van der Waals surface area contributed by atoms with E-state index in [1.54, 1.807) is 6.07 Å². The topological polar surface area (TPSA) is 54.4 Å². The molecule has 1 aromatic carbocycles. The second-order valence-corrected chi connectivity index (χ2v) is 5.81. The van der Waals surface area contributed by atoms with Gasteiger partial charge in [0.2, 0.25) is 0 Å². The van der Waals surface area contributed by atoms with Crippen LogP contribution in [0, 0.1) is 5.92 Å². The Morgan fingerprint density at radius 2 is 2.06 bits per heavy atom. The molecule has 0 heterocycles. The van der Waals surface area contributed by atoms with E-state index in [9.17, 15) is 22.2 Å². The third kappa shape index (κ3) is 4.09. The van der Waals surface area contributed by atoms with Gasteiger partial charge in [0.05, 0.1) is 16.6 Å². The molecule has 1 aromatic rings. The highest BCUT2D eigenvalue weighted by molar-refractivity contribution is 9.10. The Hall–Kier alpha value is -0.890.